The Balaban J connectivity index is 1.59. The number of ether oxygens (including phenoxy) is 1. The fourth-order valence-corrected chi connectivity index (χ4v) is 4.04. The molecule has 0 aromatic heterocycles. The number of likely N-dealkylation sites (tertiary alicyclic amines) is 1. The van der Waals surface area contributed by atoms with E-state index in [1.54, 1.807) is 0 Å². The van der Waals surface area contributed by atoms with Crippen molar-refractivity contribution in [2.75, 3.05) is 19.6 Å². The number of nitrogens with zero attached hydrogens (tertiary/aromatic N) is 2. The number of rotatable bonds is 6. The average Bonchev–Trinajstić information content (AvgIpc) is 3.22. The monoisotopic (exact) mass is 388 g/mol. The summed E-state index contributed by atoms with van der Waals surface area (Å²) >= 11 is 0. The van der Waals surface area contributed by atoms with Crippen LogP contribution in [0, 0.1) is 0 Å². The lowest BCUT2D eigenvalue weighted by molar-refractivity contribution is -0.156. The first kappa shape index (κ1) is 20.3. The van der Waals surface area contributed by atoms with E-state index in [-0.39, 0.29) is 17.9 Å². The normalized spacial score (nSPS) is 22.8. The molecule has 28 heavy (non-hydrogen) atoms. The highest BCUT2D eigenvalue weighted by Crippen LogP contribution is 2.25. The third-order valence-corrected chi connectivity index (χ3v) is 5.53. The van der Waals surface area contributed by atoms with Crippen LogP contribution >= 0.6 is 0 Å². The Morgan fingerprint density at radius 3 is 2.29 bits per heavy atom. The molecule has 152 valence electrons. The predicted molar refractivity (Wildman–Crippen MR) is 103 cm³/mol. The second-order valence-corrected chi connectivity index (χ2v) is 7.45. The minimum absolute atomic E-state index is 0.0239. The van der Waals surface area contributed by atoms with E-state index in [0.717, 1.165) is 19.3 Å². The molecule has 1 aromatic carbocycles. The van der Waals surface area contributed by atoms with Gasteiger partial charge in [-0.05, 0) is 44.2 Å². The number of carbonyl (C=O) groups excluding carboxylic acids is 2. The molecule has 0 bridgehead atoms. The molecule has 0 radical (unpaired) electrons. The lowest BCUT2D eigenvalue weighted by atomic mass is 10.0. The first-order chi connectivity index (χ1) is 13.5. The number of carboxylic acids is 1. The maximum absolute atomic E-state index is 13.0. The van der Waals surface area contributed by atoms with Crippen molar-refractivity contribution in [3.63, 3.8) is 0 Å². The van der Waals surface area contributed by atoms with Gasteiger partial charge in [0.05, 0.1) is 0 Å². The minimum atomic E-state index is -1.01. The van der Waals surface area contributed by atoms with Crippen LogP contribution in [0.1, 0.15) is 49.4 Å². The molecule has 0 spiro atoms. The third-order valence-electron chi connectivity index (χ3n) is 5.53. The molecule has 2 saturated heterocycles. The molecule has 0 aliphatic carbocycles. The number of carbonyl (C=O) groups is 3. The summed E-state index contributed by atoms with van der Waals surface area (Å²) in [6.07, 6.45) is 1.53. The SMILES string of the molecule is CCCN(C(=O)[C@@H]1CC[C@H](C(=O)O)O1)C1CCN(C(=O)c2ccccc2)CC1. The average molecular weight is 388 g/mol. The molecule has 0 saturated carbocycles. The quantitative estimate of drug-likeness (QED) is 0.807. The Bertz CT molecular complexity index is 700. The molecule has 2 fully saturated rings. The van der Waals surface area contributed by atoms with Crippen LogP contribution in [-0.4, -0.2) is 70.6 Å². The molecule has 2 atom stereocenters. The second kappa shape index (κ2) is 9.19. The highest BCUT2D eigenvalue weighted by molar-refractivity contribution is 5.94. The molecule has 2 aliphatic rings. The molecular weight excluding hydrogens is 360 g/mol. The molecule has 1 N–H and O–H groups in total. The van der Waals surface area contributed by atoms with Crippen LogP contribution in [0.2, 0.25) is 0 Å². The summed E-state index contributed by atoms with van der Waals surface area (Å²) in [6, 6.07) is 9.29. The molecule has 3 rings (SSSR count). The zero-order valence-electron chi connectivity index (χ0n) is 16.3. The Hall–Kier alpha value is -2.41. The van der Waals surface area contributed by atoms with Gasteiger partial charge in [0.25, 0.3) is 11.8 Å². The van der Waals surface area contributed by atoms with Gasteiger partial charge in [0.2, 0.25) is 0 Å². The van der Waals surface area contributed by atoms with E-state index in [2.05, 4.69) is 0 Å². The van der Waals surface area contributed by atoms with Crippen LogP contribution in [-0.2, 0) is 14.3 Å². The Morgan fingerprint density at radius 2 is 1.71 bits per heavy atom. The standard InChI is InChI=1S/C21H28N2O5/c1-2-12-23(20(25)17-8-9-18(28-17)21(26)27)16-10-13-22(14-11-16)19(24)15-6-4-3-5-7-15/h3-7,16-18H,2,8-14H2,1H3,(H,26,27)/t17-,18+/m0/s1. The number of piperidine rings is 1. The van der Waals surface area contributed by atoms with Crippen LogP contribution in [0.25, 0.3) is 0 Å². The van der Waals surface area contributed by atoms with Gasteiger partial charge < -0.3 is 19.6 Å². The Kier molecular flexibility index (Phi) is 6.67. The van der Waals surface area contributed by atoms with Gasteiger partial charge in [-0.1, -0.05) is 25.1 Å². The molecule has 7 heteroatoms. The first-order valence-electron chi connectivity index (χ1n) is 10.0. The molecule has 1 aromatic rings. The maximum atomic E-state index is 13.0. The number of amides is 2. The zero-order chi connectivity index (χ0) is 20.1. The van der Waals surface area contributed by atoms with E-state index in [0.29, 0.717) is 38.0 Å². The highest BCUT2D eigenvalue weighted by atomic mass is 16.5. The van der Waals surface area contributed by atoms with Crippen LogP contribution in [0.5, 0.6) is 0 Å². The van der Waals surface area contributed by atoms with Gasteiger partial charge in [-0.15, -0.1) is 0 Å². The maximum Gasteiger partial charge on any atom is 0.332 e. The van der Waals surface area contributed by atoms with E-state index >= 15 is 0 Å². The molecule has 2 amide bonds. The summed E-state index contributed by atoms with van der Waals surface area (Å²) < 4.78 is 5.46. The van der Waals surface area contributed by atoms with Crippen molar-refractivity contribution in [2.24, 2.45) is 0 Å². The van der Waals surface area contributed by atoms with Crippen molar-refractivity contribution >= 4 is 17.8 Å². The predicted octanol–water partition coefficient (Wildman–Crippen LogP) is 2.16. The first-order valence-corrected chi connectivity index (χ1v) is 10.0. The lowest BCUT2D eigenvalue weighted by Crippen LogP contribution is -2.51. The van der Waals surface area contributed by atoms with E-state index < -0.39 is 18.2 Å². The summed E-state index contributed by atoms with van der Waals surface area (Å²) in [7, 11) is 0. The fraction of sp³-hybridized carbons (Fsp3) is 0.571. The van der Waals surface area contributed by atoms with Crippen LogP contribution in [0.4, 0.5) is 0 Å². The fourth-order valence-electron chi connectivity index (χ4n) is 4.04. The van der Waals surface area contributed by atoms with Gasteiger partial charge in [-0.25, -0.2) is 4.79 Å². The van der Waals surface area contributed by atoms with Gasteiger partial charge in [0, 0.05) is 31.2 Å². The van der Waals surface area contributed by atoms with Gasteiger partial charge >= 0.3 is 5.97 Å². The van der Waals surface area contributed by atoms with E-state index in [1.165, 1.54) is 0 Å². The molecule has 7 nitrogen and oxygen atoms in total. The lowest BCUT2D eigenvalue weighted by Gasteiger charge is -2.39. The molecule has 0 unspecified atom stereocenters. The van der Waals surface area contributed by atoms with E-state index in [9.17, 15) is 14.4 Å². The van der Waals surface area contributed by atoms with Crippen molar-refractivity contribution in [1.82, 2.24) is 9.80 Å². The van der Waals surface area contributed by atoms with Crippen LogP contribution < -0.4 is 0 Å². The van der Waals surface area contributed by atoms with Crippen LogP contribution in [0.3, 0.4) is 0 Å². The van der Waals surface area contributed by atoms with Gasteiger partial charge in [0.15, 0.2) is 6.10 Å². The molecule has 2 aliphatic heterocycles. The number of benzene rings is 1. The van der Waals surface area contributed by atoms with Crippen LogP contribution in [0.15, 0.2) is 30.3 Å². The summed E-state index contributed by atoms with van der Waals surface area (Å²) in [4.78, 5) is 40.4. The summed E-state index contributed by atoms with van der Waals surface area (Å²) in [5.74, 6) is -1.10. The van der Waals surface area contributed by atoms with E-state index in [1.807, 2.05) is 47.1 Å². The van der Waals surface area contributed by atoms with Crippen molar-refractivity contribution in [2.45, 2.75) is 57.3 Å². The highest BCUT2D eigenvalue weighted by Gasteiger charge is 2.39. The number of hydrogen-bond acceptors (Lipinski definition) is 4. The van der Waals surface area contributed by atoms with Gasteiger partial charge in [-0.2, -0.15) is 0 Å². The third kappa shape index (κ3) is 4.52. The second-order valence-electron chi connectivity index (χ2n) is 7.45. The minimum Gasteiger partial charge on any atom is -0.479 e. The topological polar surface area (TPSA) is 87.2 Å². The number of aliphatic carboxylic acids is 1. The van der Waals surface area contributed by atoms with Gasteiger partial charge in [0.1, 0.15) is 6.10 Å². The summed E-state index contributed by atoms with van der Waals surface area (Å²) in [6.45, 7) is 3.85. The van der Waals surface area contributed by atoms with Crippen molar-refractivity contribution in [1.29, 1.82) is 0 Å². The van der Waals surface area contributed by atoms with Crippen molar-refractivity contribution in [3.8, 4) is 0 Å². The molecular formula is C21H28N2O5. The van der Waals surface area contributed by atoms with Gasteiger partial charge in [-0.3, -0.25) is 9.59 Å². The van der Waals surface area contributed by atoms with Crippen molar-refractivity contribution in [3.05, 3.63) is 35.9 Å². The summed E-state index contributed by atoms with van der Waals surface area (Å²) in [5.41, 5.74) is 0.682. The van der Waals surface area contributed by atoms with E-state index in [4.69, 9.17) is 9.84 Å². The number of carboxylic acid groups (broad SMARTS) is 1. The zero-order valence-corrected chi connectivity index (χ0v) is 16.3. The smallest absolute Gasteiger partial charge is 0.332 e. The van der Waals surface area contributed by atoms with Crippen molar-refractivity contribution < 1.29 is 24.2 Å². The number of hydrogen-bond donors (Lipinski definition) is 1. The Labute approximate surface area is 165 Å². The molecule has 2 heterocycles. The largest absolute Gasteiger partial charge is 0.479 e. The summed E-state index contributed by atoms with van der Waals surface area (Å²) in [5, 5.41) is 9.09. The Morgan fingerprint density at radius 1 is 1.07 bits per heavy atom.